The number of hydrogen-bond acceptors (Lipinski definition) is 3. The van der Waals surface area contributed by atoms with Gasteiger partial charge in [0, 0.05) is 35.2 Å². The molecular formula is C27H26ClF3N2O2. The number of rotatable bonds is 7. The molecule has 1 N–H and O–H groups in total. The average Bonchev–Trinajstić information content (AvgIpc) is 3.11. The van der Waals surface area contributed by atoms with E-state index >= 15 is 0 Å². The lowest BCUT2D eigenvalue weighted by Gasteiger charge is -2.18. The molecule has 0 amide bonds. The Balaban J connectivity index is 0.00000342. The van der Waals surface area contributed by atoms with Gasteiger partial charge in [0.25, 0.3) is 0 Å². The summed E-state index contributed by atoms with van der Waals surface area (Å²) in [5.74, 6) is -0.502. The van der Waals surface area contributed by atoms with Gasteiger partial charge in [-0.05, 0) is 30.2 Å². The van der Waals surface area contributed by atoms with Gasteiger partial charge in [-0.15, -0.1) is 12.4 Å². The highest BCUT2D eigenvalue weighted by Gasteiger charge is 2.31. The van der Waals surface area contributed by atoms with Crippen LogP contribution in [-0.2, 0) is 28.8 Å². The lowest BCUT2D eigenvalue weighted by Crippen LogP contribution is -2.30. The predicted molar refractivity (Wildman–Crippen MR) is 133 cm³/mol. The highest BCUT2D eigenvalue weighted by Crippen LogP contribution is 2.33. The van der Waals surface area contributed by atoms with Gasteiger partial charge in [-0.1, -0.05) is 66.7 Å². The molecule has 1 heterocycles. The van der Waals surface area contributed by atoms with Crippen LogP contribution in [0.15, 0.2) is 78.9 Å². The van der Waals surface area contributed by atoms with Crippen LogP contribution in [0.2, 0.25) is 0 Å². The monoisotopic (exact) mass is 502 g/mol. The smallest absolute Gasteiger partial charge is 0.416 e. The van der Waals surface area contributed by atoms with Crippen LogP contribution >= 0.6 is 12.4 Å². The Morgan fingerprint density at radius 3 is 2.31 bits per heavy atom. The van der Waals surface area contributed by atoms with E-state index in [2.05, 4.69) is 9.88 Å². The molecule has 0 saturated heterocycles. The molecule has 4 rings (SSSR count). The van der Waals surface area contributed by atoms with Gasteiger partial charge in [-0.2, -0.15) is 13.2 Å². The molecule has 4 nitrogen and oxygen atoms in total. The summed E-state index contributed by atoms with van der Waals surface area (Å²) in [4.78, 5) is 12.8. The van der Waals surface area contributed by atoms with Gasteiger partial charge < -0.3 is 9.30 Å². The number of aromatic nitrogens is 1. The van der Waals surface area contributed by atoms with Crippen molar-refractivity contribution in [1.29, 1.82) is 0 Å². The van der Waals surface area contributed by atoms with E-state index in [4.69, 9.17) is 4.74 Å². The first-order valence-electron chi connectivity index (χ1n) is 10.9. The van der Waals surface area contributed by atoms with Crippen molar-refractivity contribution in [3.63, 3.8) is 0 Å². The van der Waals surface area contributed by atoms with Crippen LogP contribution in [-0.4, -0.2) is 17.6 Å². The molecule has 0 aliphatic rings. The summed E-state index contributed by atoms with van der Waals surface area (Å²) in [6, 6.07) is 22.0. The second kappa shape index (κ2) is 11.0. The highest BCUT2D eigenvalue weighted by atomic mass is 35.5. The van der Waals surface area contributed by atoms with Crippen LogP contribution in [0.4, 0.5) is 13.2 Å². The molecule has 3 aromatic carbocycles. The van der Waals surface area contributed by atoms with Gasteiger partial charge in [-0.3, -0.25) is 5.32 Å². The van der Waals surface area contributed by atoms with Gasteiger partial charge in [0.2, 0.25) is 0 Å². The van der Waals surface area contributed by atoms with Crippen molar-refractivity contribution >= 4 is 29.3 Å². The zero-order valence-electron chi connectivity index (χ0n) is 19.3. The maximum atomic E-state index is 13.1. The number of nitrogens with one attached hydrogen (secondary N) is 1. The molecule has 0 radical (unpaired) electrons. The number of esters is 1. The summed E-state index contributed by atoms with van der Waals surface area (Å²) in [7, 11) is 1.31. The molecule has 1 aromatic heterocycles. The first kappa shape index (κ1) is 26.3. The molecule has 1 unspecified atom stereocenters. The quantitative estimate of drug-likeness (QED) is 0.296. The summed E-state index contributed by atoms with van der Waals surface area (Å²) in [5.41, 5.74) is 3.42. The molecule has 0 saturated carbocycles. The third-order valence-electron chi connectivity index (χ3n) is 5.95. The molecule has 35 heavy (non-hydrogen) atoms. The molecule has 4 aromatic rings. The number of alkyl halides is 3. The van der Waals surface area contributed by atoms with Gasteiger partial charge in [0.15, 0.2) is 0 Å². The predicted octanol–water partition coefficient (Wildman–Crippen LogP) is 6.44. The number of carbonyl (C=O) groups excluding carboxylic acids is 1. The number of para-hydroxylation sites is 1. The third kappa shape index (κ3) is 5.69. The van der Waals surface area contributed by atoms with Crippen molar-refractivity contribution in [2.24, 2.45) is 0 Å². The van der Waals surface area contributed by atoms with Gasteiger partial charge in [0.1, 0.15) is 6.04 Å². The Morgan fingerprint density at radius 2 is 1.63 bits per heavy atom. The van der Waals surface area contributed by atoms with E-state index in [-0.39, 0.29) is 19.0 Å². The molecule has 0 aliphatic carbocycles. The van der Waals surface area contributed by atoms with E-state index in [1.807, 2.05) is 61.5 Å². The minimum atomic E-state index is -4.43. The van der Waals surface area contributed by atoms with Crippen LogP contribution in [0.5, 0.6) is 0 Å². The van der Waals surface area contributed by atoms with E-state index in [0.717, 1.165) is 39.9 Å². The lowest BCUT2D eigenvalue weighted by atomic mass is 10.0. The summed E-state index contributed by atoms with van der Waals surface area (Å²) < 4.78 is 46.6. The Hall–Kier alpha value is -3.29. The zero-order valence-corrected chi connectivity index (χ0v) is 20.1. The Bertz CT molecular complexity index is 1300. The zero-order chi connectivity index (χ0) is 24.3. The maximum absolute atomic E-state index is 13.1. The Labute approximate surface area is 208 Å². The molecule has 0 spiro atoms. The molecule has 1 atom stereocenters. The van der Waals surface area contributed by atoms with Crippen LogP contribution in [0.1, 0.15) is 34.0 Å². The minimum Gasteiger partial charge on any atom is -0.468 e. The first-order chi connectivity index (χ1) is 16.3. The number of benzene rings is 3. The molecule has 8 heteroatoms. The van der Waals surface area contributed by atoms with E-state index in [9.17, 15) is 18.0 Å². The average molecular weight is 503 g/mol. The van der Waals surface area contributed by atoms with Gasteiger partial charge in [-0.25, -0.2) is 4.79 Å². The van der Waals surface area contributed by atoms with Crippen LogP contribution in [0.25, 0.3) is 10.9 Å². The van der Waals surface area contributed by atoms with Crippen molar-refractivity contribution < 1.29 is 22.7 Å². The normalized spacial score (nSPS) is 12.3. The second-order valence-electron chi connectivity index (χ2n) is 8.12. The van der Waals surface area contributed by atoms with Crippen molar-refractivity contribution in [3.8, 4) is 0 Å². The summed E-state index contributed by atoms with van der Waals surface area (Å²) >= 11 is 0. The Morgan fingerprint density at radius 1 is 0.971 bits per heavy atom. The van der Waals surface area contributed by atoms with E-state index in [1.54, 1.807) is 6.07 Å². The summed E-state index contributed by atoms with van der Waals surface area (Å²) in [6.07, 6.45) is -4.43. The SMILES string of the molecule is COC(=O)C(NCc1cccc(C(F)(F)F)c1)c1c(C)n(Cc2ccccc2)c2ccccc12.Cl. The number of halogens is 4. The fourth-order valence-electron chi connectivity index (χ4n) is 4.29. The standard InChI is InChI=1S/C27H25F3N2O2.ClH/c1-18-24(22-13-6-7-14-23(22)32(18)17-19-9-4-3-5-10-19)25(26(33)34-2)31-16-20-11-8-12-21(15-20)27(28,29)30;/h3-15,25,31H,16-17H2,1-2H3;1H. The second-order valence-corrected chi connectivity index (χ2v) is 8.12. The van der Waals surface area contributed by atoms with Crippen molar-refractivity contribution in [2.75, 3.05) is 7.11 Å². The number of methoxy groups -OCH3 is 1. The van der Waals surface area contributed by atoms with E-state index in [1.165, 1.54) is 13.2 Å². The van der Waals surface area contributed by atoms with Crippen molar-refractivity contribution in [3.05, 3.63) is 107 Å². The summed E-state index contributed by atoms with van der Waals surface area (Å²) in [6.45, 7) is 2.64. The minimum absolute atomic E-state index is 0. The topological polar surface area (TPSA) is 43.3 Å². The van der Waals surface area contributed by atoms with Crippen LogP contribution in [0.3, 0.4) is 0 Å². The van der Waals surface area contributed by atoms with Gasteiger partial charge in [0.05, 0.1) is 12.7 Å². The Kier molecular flexibility index (Phi) is 8.25. The molecule has 0 bridgehead atoms. The van der Waals surface area contributed by atoms with E-state index in [0.29, 0.717) is 12.1 Å². The molecule has 184 valence electrons. The number of ether oxygens (including phenoxy) is 1. The van der Waals surface area contributed by atoms with Crippen LogP contribution < -0.4 is 5.32 Å². The van der Waals surface area contributed by atoms with E-state index < -0.39 is 23.8 Å². The largest absolute Gasteiger partial charge is 0.468 e. The fraction of sp³-hybridized carbons (Fsp3) is 0.222. The highest BCUT2D eigenvalue weighted by molar-refractivity contribution is 5.91. The lowest BCUT2D eigenvalue weighted by molar-refractivity contribution is -0.143. The number of nitrogens with zero attached hydrogens (tertiary/aromatic N) is 1. The molecule has 0 fully saturated rings. The number of fused-ring (bicyclic) bond motifs is 1. The number of carbonyl (C=O) groups is 1. The van der Waals surface area contributed by atoms with Crippen molar-refractivity contribution in [2.45, 2.75) is 32.2 Å². The third-order valence-corrected chi connectivity index (χ3v) is 5.95. The number of hydrogen-bond donors (Lipinski definition) is 1. The first-order valence-corrected chi connectivity index (χ1v) is 10.9. The summed E-state index contributed by atoms with van der Waals surface area (Å²) in [5, 5.41) is 4.03. The van der Waals surface area contributed by atoms with Crippen molar-refractivity contribution in [1.82, 2.24) is 9.88 Å². The fourth-order valence-corrected chi connectivity index (χ4v) is 4.29. The maximum Gasteiger partial charge on any atom is 0.416 e. The van der Waals surface area contributed by atoms with Gasteiger partial charge >= 0.3 is 12.1 Å². The molecule has 0 aliphatic heterocycles. The van der Waals surface area contributed by atoms with Crippen LogP contribution in [0, 0.1) is 6.92 Å². The molecular weight excluding hydrogens is 477 g/mol.